The highest BCUT2D eigenvalue weighted by molar-refractivity contribution is 6.23. The van der Waals surface area contributed by atoms with Crippen LogP contribution in [0.1, 0.15) is 17.3 Å². The minimum absolute atomic E-state index is 0.0905. The summed E-state index contributed by atoms with van der Waals surface area (Å²) >= 11 is 0. The summed E-state index contributed by atoms with van der Waals surface area (Å²) in [7, 11) is 0. The molecule has 0 spiro atoms. The third kappa shape index (κ3) is 4.35. The summed E-state index contributed by atoms with van der Waals surface area (Å²) in [5, 5.41) is 7.42. The van der Waals surface area contributed by atoms with Crippen molar-refractivity contribution in [3.63, 3.8) is 0 Å². The summed E-state index contributed by atoms with van der Waals surface area (Å²) in [4.78, 5) is 10.9. The van der Waals surface area contributed by atoms with E-state index in [4.69, 9.17) is 9.97 Å². The molecule has 13 rings (SSSR count). The van der Waals surface area contributed by atoms with Crippen molar-refractivity contribution in [2.24, 2.45) is 0 Å². The molecule has 0 amide bonds. The molecule has 12 aromatic rings. The number of hydrogen-bond donors (Lipinski definition) is 0. The maximum Gasteiger partial charge on any atom is 0.160 e. The number of fused-ring (bicyclic) bond motifs is 11. The highest BCUT2D eigenvalue weighted by Gasteiger charge is 2.43. The first kappa shape index (κ1) is 31.4. The van der Waals surface area contributed by atoms with E-state index >= 15 is 0 Å². The van der Waals surface area contributed by atoms with Gasteiger partial charge in [-0.05, 0) is 48.5 Å². The van der Waals surface area contributed by atoms with Crippen LogP contribution in [0.4, 0.5) is 0 Å². The lowest BCUT2D eigenvalue weighted by Crippen LogP contribution is -2.00. The van der Waals surface area contributed by atoms with Crippen molar-refractivity contribution < 1.29 is 0 Å². The third-order valence-corrected chi connectivity index (χ3v) is 12.2. The topological polar surface area (TPSA) is 40.6 Å². The summed E-state index contributed by atoms with van der Waals surface area (Å²) < 4.78 is 7.36. The number of nitrogens with zero attached hydrogens (tertiary/aromatic N) is 5. The second kappa shape index (κ2) is 11.9. The van der Waals surface area contributed by atoms with Gasteiger partial charge in [-0.2, -0.15) is 0 Å². The van der Waals surface area contributed by atoms with Crippen LogP contribution in [0.25, 0.3) is 99.4 Å². The molecule has 8 aromatic carbocycles. The third-order valence-electron chi connectivity index (χ3n) is 12.2. The van der Waals surface area contributed by atoms with Gasteiger partial charge >= 0.3 is 0 Å². The van der Waals surface area contributed by atoms with E-state index in [1.807, 2.05) is 0 Å². The molecule has 1 aliphatic carbocycles. The highest BCUT2D eigenvalue weighted by atomic mass is 15.1. The average Bonchev–Trinajstić information content (AvgIpc) is 3.58. The van der Waals surface area contributed by atoms with Crippen LogP contribution in [0.2, 0.25) is 0 Å². The Labute approximate surface area is 333 Å². The van der Waals surface area contributed by atoms with E-state index in [2.05, 4.69) is 208 Å². The monoisotopic (exact) mass is 739 g/mol. The fraction of sp³-hybridized carbons (Fsp3) is 0.0189. The van der Waals surface area contributed by atoms with Gasteiger partial charge in [-0.3, -0.25) is 0 Å². The van der Waals surface area contributed by atoms with Gasteiger partial charge in [-0.25, -0.2) is 9.97 Å². The Morgan fingerprint density at radius 1 is 0.362 bits per heavy atom. The van der Waals surface area contributed by atoms with Crippen LogP contribution < -0.4 is 0 Å². The van der Waals surface area contributed by atoms with Gasteiger partial charge in [0, 0.05) is 60.4 Å². The van der Waals surface area contributed by atoms with Crippen molar-refractivity contribution in [2.75, 3.05) is 0 Å². The molecule has 270 valence electrons. The molecular weight excluding hydrogens is 707 g/mol. The summed E-state index contributed by atoms with van der Waals surface area (Å²) in [5.41, 5.74) is 14.7. The lowest BCUT2D eigenvalue weighted by molar-refractivity contribution is 0.842. The minimum Gasteiger partial charge on any atom is -0.325 e. The van der Waals surface area contributed by atoms with Crippen LogP contribution in [-0.4, -0.2) is 23.7 Å². The predicted octanol–water partition coefficient (Wildman–Crippen LogP) is 13.1. The molecule has 5 heteroatoms. The van der Waals surface area contributed by atoms with Gasteiger partial charge in [-0.1, -0.05) is 146 Å². The van der Waals surface area contributed by atoms with E-state index in [0.717, 1.165) is 39.7 Å². The maximum absolute atomic E-state index is 5.48. The van der Waals surface area contributed by atoms with Crippen LogP contribution in [0.15, 0.2) is 194 Å². The van der Waals surface area contributed by atoms with Gasteiger partial charge in [0.05, 0.1) is 44.5 Å². The zero-order valence-corrected chi connectivity index (χ0v) is 31.3. The normalized spacial score (nSPS) is 13.7. The van der Waals surface area contributed by atoms with E-state index in [1.165, 1.54) is 71.0 Å². The van der Waals surface area contributed by atoms with Crippen molar-refractivity contribution in [1.82, 2.24) is 23.7 Å². The second-order valence-electron chi connectivity index (χ2n) is 15.3. The average molecular weight is 740 g/mol. The van der Waals surface area contributed by atoms with Crippen LogP contribution in [0.3, 0.4) is 0 Å². The maximum atomic E-state index is 5.48. The standard InChI is InChI=1S/C53H33N5/c1-3-16-33(17-4-1)48-47-49(55-53(54-48)34-18-15-21-36(32-34)56-43-26-11-7-22-37(43)38-23-8-12-27-44(38)56)52(47)58-46-29-14-10-25-40(46)42-31-30-41-39-24-9-13-28-45(39)57(50(41)51(42)58)35-19-5-2-6-20-35/h1-32,52H. The Hall–Kier alpha value is -7.76. The molecule has 0 bridgehead atoms. The molecule has 0 saturated carbocycles. The Morgan fingerprint density at radius 2 is 0.862 bits per heavy atom. The quantitative estimate of drug-likeness (QED) is 0.176. The molecule has 1 atom stereocenters. The molecule has 4 heterocycles. The molecule has 1 aliphatic rings. The van der Waals surface area contributed by atoms with E-state index < -0.39 is 0 Å². The minimum atomic E-state index is -0.0905. The van der Waals surface area contributed by atoms with E-state index in [1.54, 1.807) is 0 Å². The SMILES string of the molecule is c1ccc(-c2nc(-c3cccc(-n4c5ccccc5c5ccccc54)c3)nc3c2C3n2c3ccccc3c3ccc4c5ccccc5n(-c5ccccc5)c4c32)cc1. The summed E-state index contributed by atoms with van der Waals surface area (Å²) in [5.74, 6) is 0.729. The zero-order valence-electron chi connectivity index (χ0n) is 31.3. The number of para-hydroxylation sites is 5. The van der Waals surface area contributed by atoms with Crippen molar-refractivity contribution in [3.8, 4) is 34.0 Å². The number of hydrogen-bond acceptors (Lipinski definition) is 2. The number of aromatic nitrogens is 5. The largest absolute Gasteiger partial charge is 0.325 e. The predicted molar refractivity (Wildman–Crippen MR) is 238 cm³/mol. The summed E-state index contributed by atoms with van der Waals surface area (Å²) in [6, 6.07) is 69.6. The first-order valence-electron chi connectivity index (χ1n) is 19.9. The molecule has 58 heavy (non-hydrogen) atoms. The second-order valence-corrected chi connectivity index (χ2v) is 15.3. The Balaban J connectivity index is 1.07. The molecule has 0 radical (unpaired) electrons. The van der Waals surface area contributed by atoms with Crippen LogP contribution >= 0.6 is 0 Å². The Kier molecular flexibility index (Phi) is 6.44. The fourth-order valence-corrected chi connectivity index (χ4v) is 9.70. The fourth-order valence-electron chi connectivity index (χ4n) is 9.70. The summed E-state index contributed by atoms with van der Waals surface area (Å²) in [6.07, 6.45) is 0. The lowest BCUT2D eigenvalue weighted by atomic mass is 10.1. The molecule has 0 fully saturated rings. The smallest absolute Gasteiger partial charge is 0.160 e. The van der Waals surface area contributed by atoms with Crippen molar-refractivity contribution >= 4 is 65.4 Å². The molecule has 0 aliphatic heterocycles. The summed E-state index contributed by atoms with van der Waals surface area (Å²) in [6.45, 7) is 0. The Morgan fingerprint density at radius 3 is 1.53 bits per heavy atom. The van der Waals surface area contributed by atoms with Crippen LogP contribution in [-0.2, 0) is 0 Å². The molecule has 5 nitrogen and oxygen atoms in total. The molecule has 0 saturated heterocycles. The van der Waals surface area contributed by atoms with Gasteiger partial charge in [0.1, 0.15) is 6.04 Å². The van der Waals surface area contributed by atoms with Gasteiger partial charge in [0.2, 0.25) is 0 Å². The van der Waals surface area contributed by atoms with Crippen molar-refractivity contribution in [1.29, 1.82) is 0 Å². The van der Waals surface area contributed by atoms with Crippen LogP contribution in [0.5, 0.6) is 0 Å². The molecular formula is C53H33N5. The lowest BCUT2D eigenvalue weighted by Gasteiger charge is -2.12. The van der Waals surface area contributed by atoms with Gasteiger partial charge < -0.3 is 13.7 Å². The molecule has 1 unspecified atom stereocenters. The van der Waals surface area contributed by atoms with Crippen molar-refractivity contribution in [2.45, 2.75) is 6.04 Å². The first-order chi connectivity index (χ1) is 28.8. The molecule has 4 aromatic heterocycles. The number of benzene rings is 8. The first-order valence-corrected chi connectivity index (χ1v) is 19.9. The van der Waals surface area contributed by atoms with Gasteiger partial charge in [0.15, 0.2) is 5.82 Å². The zero-order chi connectivity index (χ0) is 37.9. The van der Waals surface area contributed by atoms with Gasteiger partial charge in [0.25, 0.3) is 0 Å². The van der Waals surface area contributed by atoms with Crippen LogP contribution in [0, 0.1) is 0 Å². The van der Waals surface area contributed by atoms with Crippen molar-refractivity contribution in [3.05, 3.63) is 205 Å². The van der Waals surface area contributed by atoms with E-state index in [0.29, 0.717) is 0 Å². The van der Waals surface area contributed by atoms with E-state index in [9.17, 15) is 0 Å². The van der Waals surface area contributed by atoms with E-state index in [-0.39, 0.29) is 6.04 Å². The molecule has 0 N–H and O–H groups in total. The Bertz CT molecular complexity index is 3570. The number of rotatable bonds is 5. The highest BCUT2D eigenvalue weighted by Crippen LogP contribution is 2.53. The van der Waals surface area contributed by atoms with Gasteiger partial charge in [-0.15, -0.1) is 0 Å².